The first-order chi connectivity index (χ1) is 12.5. The van der Waals surface area contributed by atoms with E-state index in [-0.39, 0.29) is 17.6 Å². The number of thioether (sulfide) groups is 1. The summed E-state index contributed by atoms with van der Waals surface area (Å²) in [5.41, 5.74) is 2.43. The third kappa shape index (κ3) is 3.06. The average molecular weight is 367 g/mol. The van der Waals surface area contributed by atoms with Crippen molar-refractivity contribution >= 4 is 40.5 Å². The van der Waals surface area contributed by atoms with Crippen LogP contribution in [-0.2, 0) is 11.2 Å². The largest absolute Gasteiger partial charge is 0.450 e. The van der Waals surface area contributed by atoms with Crippen LogP contribution < -0.4 is 5.32 Å². The highest BCUT2D eigenvalue weighted by Crippen LogP contribution is 2.34. The molecule has 7 heteroatoms. The Morgan fingerprint density at radius 1 is 1.23 bits per heavy atom. The predicted molar refractivity (Wildman–Crippen MR) is 100 cm³/mol. The van der Waals surface area contributed by atoms with Crippen LogP contribution in [0.5, 0.6) is 0 Å². The van der Waals surface area contributed by atoms with Gasteiger partial charge in [-0.05, 0) is 49.4 Å². The maximum atomic E-state index is 12.3. The average Bonchev–Trinajstić information content (AvgIpc) is 3.26. The van der Waals surface area contributed by atoms with E-state index in [1.807, 2.05) is 24.3 Å². The van der Waals surface area contributed by atoms with Crippen LogP contribution in [-0.4, -0.2) is 27.9 Å². The van der Waals surface area contributed by atoms with E-state index < -0.39 is 6.03 Å². The van der Waals surface area contributed by atoms with Gasteiger partial charge in [0.2, 0.25) is 0 Å². The first-order valence-corrected chi connectivity index (χ1v) is 9.12. The lowest BCUT2D eigenvalue weighted by atomic mass is 10.2. The Bertz CT molecular complexity index is 958. The Balaban J connectivity index is 1.48. The van der Waals surface area contributed by atoms with E-state index in [1.54, 1.807) is 26.0 Å². The van der Waals surface area contributed by atoms with E-state index in [0.29, 0.717) is 10.9 Å². The number of rotatable bonds is 3. The number of amides is 3. The Morgan fingerprint density at radius 2 is 2.04 bits per heavy atom. The van der Waals surface area contributed by atoms with Crippen LogP contribution >= 0.6 is 11.8 Å². The standard InChI is InChI=1S/C19H17N3O3S/c1-11(2)22-18(23)15(21-19(22)24)10-13-7-8-17(25-13)26-16-9-12-5-3-4-6-14(12)20-16/h3-8,10-11H,9H2,1-2H3,(H,21,24)/b15-10-. The lowest BCUT2D eigenvalue weighted by molar-refractivity contribution is -0.123. The van der Waals surface area contributed by atoms with Gasteiger partial charge in [0.1, 0.15) is 11.5 Å². The molecule has 2 aromatic rings. The topological polar surface area (TPSA) is 74.9 Å². The molecule has 1 fully saturated rings. The molecule has 0 aliphatic carbocycles. The van der Waals surface area contributed by atoms with Gasteiger partial charge in [-0.2, -0.15) is 0 Å². The molecule has 132 valence electrons. The second-order valence-corrected chi connectivity index (χ2v) is 7.40. The molecule has 4 rings (SSSR count). The number of hydrogen-bond donors (Lipinski definition) is 1. The molecule has 1 aromatic carbocycles. The molecule has 0 spiro atoms. The summed E-state index contributed by atoms with van der Waals surface area (Å²) in [7, 11) is 0. The quantitative estimate of drug-likeness (QED) is 0.658. The zero-order valence-corrected chi connectivity index (χ0v) is 15.2. The fraction of sp³-hybridized carbons (Fsp3) is 0.211. The minimum absolute atomic E-state index is 0.196. The first kappa shape index (κ1) is 16.7. The Hall–Kier alpha value is -2.80. The zero-order valence-electron chi connectivity index (χ0n) is 14.4. The molecule has 1 N–H and O–H groups in total. The molecule has 1 saturated heterocycles. The number of nitrogens with zero attached hydrogens (tertiary/aromatic N) is 2. The van der Waals surface area contributed by atoms with Crippen molar-refractivity contribution in [2.45, 2.75) is 31.4 Å². The Morgan fingerprint density at radius 3 is 2.77 bits per heavy atom. The van der Waals surface area contributed by atoms with Crippen molar-refractivity contribution in [1.29, 1.82) is 0 Å². The summed E-state index contributed by atoms with van der Waals surface area (Å²) >= 11 is 1.46. The number of nitrogens with one attached hydrogen (secondary N) is 1. The smallest absolute Gasteiger partial charge is 0.329 e. The number of fused-ring (bicyclic) bond motifs is 1. The molecule has 0 unspecified atom stereocenters. The van der Waals surface area contributed by atoms with Crippen molar-refractivity contribution in [3.8, 4) is 0 Å². The number of aliphatic imine (C=N–C) groups is 1. The van der Waals surface area contributed by atoms with Gasteiger partial charge in [-0.25, -0.2) is 9.79 Å². The normalized spacial score (nSPS) is 17.9. The SMILES string of the molecule is CC(C)N1C(=O)N/C(=C\c2ccc(SC3=Nc4ccccc4C3)o2)C1=O. The second kappa shape index (κ2) is 6.49. The van der Waals surface area contributed by atoms with E-state index in [2.05, 4.69) is 16.4 Å². The number of benzene rings is 1. The molecule has 6 nitrogen and oxygen atoms in total. The molecule has 3 amide bonds. The minimum Gasteiger partial charge on any atom is -0.450 e. The van der Waals surface area contributed by atoms with Crippen LogP contribution in [0.4, 0.5) is 10.5 Å². The molecule has 0 radical (unpaired) electrons. The molecule has 0 saturated carbocycles. The first-order valence-electron chi connectivity index (χ1n) is 8.30. The highest BCUT2D eigenvalue weighted by molar-refractivity contribution is 8.13. The molecule has 2 aliphatic heterocycles. The van der Waals surface area contributed by atoms with Gasteiger partial charge >= 0.3 is 6.03 Å². The van der Waals surface area contributed by atoms with E-state index in [4.69, 9.17) is 4.42 Å². The van der Waals surface area contributed by atoms with Gasteiger partial charge in [0.25, 0.3) is 5.91 Å². The lowest BCUT2D eigenvalue weighted by Crippen LogP contribution is -2.36. The minimum atomic E-state index is -0.407. The van der Waals surface area contributed by atoms with Gasteiger partial charge in [-0.1, -0.05) is 18.2 Å². The molecule has 0 bridgehead atoms. The molecule has 26 heavy (non-hydrogen) atoms. The van der Waals surface area contributed by atoms with Gasteiger partial charge in [0, 0.05) is 18.5 Å². The Kier molecular flexibility index (Phi) is 4.16. The summed E-state index contributed by atoms with van der Waals surface area (Å²) in [5, 5.41) is 4.25. The number of urea groups is 1. The molecular formula is C19H17N3O3S. The molecule has 2 aliphatic rings. The van der Waals surface area contributed by atoms with E-state index in [9.17, 15) is 9.59 Å². The van der Waals surface area contributed by atoms with Crippen LogP contribution in [0, 0.1) is 0 Å². The van der Waals surface area contributed by atoms with Crippen molar-refractivity contribution < 1.29 is 14.0 Å². The third-order valence-corrected chi connectivity index (χ3v) is 5.00. The number of para-hydroxylation sites is 1. The van der Waals surface area contributed by atoms with Crippen molar-refractivity contribution in [2.24, 2.45) is 4.99 Å². The number of hydrogen-bond acceptors (Lipinski definition) is 5. The fourth-order valence-electron chi connectivity index (χ4n) is 2.91. The summed E-state index contributed by atoms with van der Waals surface area (Å²) in [4.78, 5) is 29.9. The van der Waals surface area contributed by atoms with Crippen molar-refractivity contribution in [3.05, 3.63) is 53.4 Å². The highest BCUT2D eigenvalue weighted by Gasteiger charge is 2.35. The number of furan rings is 1. The van der Waals surface area contributed by atoms with Crippen LogP contribution in [0.15, 0.2) is 56.6 Å². The summed E-state index contributed by atoms with van der Waals surface area (Å²) in [6, 6.07) is 11.1. The number of carbonyl (C=O) groups excluding carboxylic acids is 2. The second-order valence-electron chi connectivity index (χ2n) is 6.33. The van der Waals surface area contributed by atoms with Crippen molar-refractivity contribution in [1.82, 2.24) is 10.2 Å². The van der Waals surface area contributed by atoms with Gasteiger partial charge in [-0.15, -0.1) is 0 Å². The lowest BCUT2D eigenvalue weighted by Gasteiger charge is -2.15. The van der Waals surface area contributed by atoms with Crippen molar-refractivity contribution in [3.63, 3.8) is 0 Å². The van der Waals surface area contributed by atoms with E-state index >= 15 is 0 Å². The maximum absolute atomic E-state index is 12.3. The molecule has 3 heterocycles. The number of carbonyl (C=O) groups is 2. The van der Waals surface area contributed by atoms with E-state index in [0.717, 1.165) is 17.2 Å². The fourth-order valence-corrected chi connectivity index (χ4v) is 3.79. The van der Waals surface area contributed by atoms with Crippen LogP contribution in [0.1, 0.15) is 25.2 Å². The zero-order chi connectivity index (χ0) is 18.3. The summed E-state index contributed by atoms with van der Waals surface area (Å²) < 4.78 is 5.77. The van der Waals surface area contributed by atoms with Crippen molar-refractivity contribution in [2.75, 3.05) is 0 Å². The summed E-state index contributed by atoms with van der Waals surface area (Å²) in [5.74, 6) is 0.170. The van der Waals surface area contributed by atoms with Crippen LogP contribution in [0.25, 0.3) is 6.08 Å². The van der Waals surface area contributed by atoms with Gasteiger partial charge in [0.15, 0.2) is 5.09 Å². The molecule has 1 aromatic heterocycles. The maximum Gasteiger partial charge on any atom is 0.329 e. The summed E-state index contributed by atoms with van der Waals surface area (Å²) in [6.45, 7) is 3.59. The van der Waals surface area contributed by atoms with Gasteiger partial charge in [-0.3, -0.25) is 9.69 Å². The predicted octanol–water partition coefficient (Wildman–Crippen LogP) is 3.96. The van der Waals surface area contributed by atoms with Gasteiger partial charge < -0.3 is 9.73 Å². The monoisotopic (exact) mass is 367 g/mol. The number of imide groups is 1. The van der Waals surface area contributed by atoms with Crippen LogP contribution in [0.3, 0.4) is 0 Å². The molecular weight excluding hydrogens is 350 g/mol. The van der Waals surface area contributed by atoms with Crippen LogP contribution in [0.2, 0.25) is 0 Å². The Labute approximate surface area is 155 Å². The molecule has 0 atom stereocenters. The van der Waals surface area contributed by atoms with Gasteiger partial charge in [0.05, 0.1) is 10.7 Å². The van der Waals surface area contributed by atoms with E-state index in [1.165, 1.54) is 22.2 Å². The summed E-state index contributed by atoms with van der Waals surface area (Å²) in [6.07, 6.45) is 2.34. The third-order valence-electron chi connectivity index (χ3n) is 4.11. The highest BCUT2D eigenvalue weighted by atomic mass is 32.2.